The van der Waals surface area contributed by atoms with Gasteiger partial charge in [-0.15, -0.1) is 0 Å². The molecule has 0 aromatic carbocycles. The number of aromatic nitrogens is 2. The minimum absolute atomic E-state index is 0.144. The van der Waals surface area contributed by atoms with E-state index in [0.717, 1.165) is 0 Å². The van der Waals surface area contributed by atoms with Crippen LogP contribution in [0.1, 0.15) is 17.4 Å². The number of hydrogen-bond donors (Lipinski definition) is 0. The molecule has 0 unspecified atom stereocenters. The summed E-state index contributed by atoms with van der Waals surface area (Å²) in [6.07, 6.45) is 2.94. The topological polar surface area (TPSA) is 52.1 Å². The van der Waals surface area contributed by atoms with Gasteiger partial charge in [-0.25, -0.2) is 9.97 Å². The number of Topliss-reactive ketones (excluding diaryl/α,β-unsaturated/α-hetero) is 1. The third-order valence-corrected chi connectivity index (χ3v) is 1.19. The molecule has 1 aromatic heterocycles. The fourth-order valence-electron chi connectivity index (χ4n) is 0.716. The van der Waals surface area contributed by atoms with Crippen molar-refractivity contribution < 1.29 is 9.53 Å². The van der Waals surface area contributed by atoms with Gasteiger partial charge in [0, 0.05) is 19.3 Å². The highest BCUT2D eigenvalue weighted by Crippen LogP contribution is 2.09. The van der Waals surface area contributed by atoms with Gasteiger partial charge in [-0.05, 0) is 0 Å². The van der Waals surface area contributed by atoms with E-state index in [9.17, 15) is 4.79 Å². The summed E-state index contributed by atoms with van der Waals surface area (Å²) >= 11 is 0. The molecular formula is C7H8N2O2. The van der Waals surface area contributed by atoms with Gasteiger partial charge in [-0.3, -0.25) is 4.79 Å². The van der Waals surface area contributed by atoms with Crippen molar-refractivity contribution in [2.75, 3.05) is 7.11 Å². The number of methoxy groups -OCH3 is 1. The molecule has 1 rings (SSSR count). The summed E-state index contributed by atoms with van der Waals surface area (Å²) < 4.78 is 4.81. The zero-order chi connectivity index (χ0) is 8.27. The summed E-state index contributed by atoms with van der Waals surface area (Å²) in [4.78, 5) is 18.5. The number of carbonyl (C=O) groups is 1. The van der Waals surface area contributed by atoms with Crippen molar-refractivity contribution in [3.05, 3.63) is 18.1 Å². The Balaban J connectivity index is 3.12. The molecule has 0 bridgehead atoms. The Morgan fingerprint density at radius 3 is 2.55 bits per heavy atom. The quantitative estimate of drug-likeness (QED) is 0.585. The van der Waals surface area contributed by atoms with Crippen molar-refractivity contribution in [1.82, 2.24) is 9.97 Å². The first-order valence-corrected chi connectivity index (χ1v) is 3.11. The van der Waals surface area contributed by atoms with Crippen molar-refractivity contribution in [2.45, 2.75) is 6.92 Å². The molecule has 4 heteroatoms. The summed E-state index contributed by atoms with van der Waals surface area (Å²) in [7, 11) is 1.45. The molecule has 0 fully saturated rings. The summed E-state index contributed by atoms with van der Waals surface area (Å²) in [5, 5.41) is 0. The standard InChI is InChI=1S/C7H8N2O2/c1-5(10)6-7(11-2)9-4-3-8-6/h3-4H,1-2H3. The van der Waals surface area contributed by atoms with E-state index in [1.807, 2.05) is 0 Å². The third kappa shape index (κ3) is 1.52. The normalized spacial score (nSPS) is 9.27. The van der Waals surface area contributed by atoms with E-state index in [1.54, 1.807) is 0 Å². The molecule has 11 heavy (non-hydrogen) atoms. The van der Waals surface area contributed by atoms with Gasteiger partial charge >= 0.3 is 0 Å². The molecule has 0 aliphatic carbocycles. The van der Waals surface area contributed by atoms with Crippen molar-refractivity contribution in [3.8, 4) is 5.88 Å². The van der Waals surface area contributed by atoms with Gasteiger partial charge in [-0.2, -0.15) is 0 Å². The maximum atomic E-state index is 10.8. The Labute approximate surface area is 64.2 Å². The van der Waals surface area contributed by atoms with Crippen LogP contribution in [-0.4, -0.2) is 22.9 Å². The molecule has 0 spiro atoms. The first kappa shape index (κ1) is 7.65. The summed E-state index contributed by atoms with van der Waals surface area (Å²) in [5.41, 5.74) is 0.273. The molecule has 0 amide bonds. The number of rotatable bonds is 2. The highest BCUT2D eigenvalue weighted by molar-refractivity contribution is 5.94. The lowest BCUT2D eigenvalue weighted by molar-refractivity contribution is 0.100. The van der Waals surface area contributed by atoms with Crippen LogP contribution in [0.4, 0.5) is 0 Å². The fourth-order valence-corrected chi connectivity index (χ4v) is 0.716. The highest BCUT2D eigenvalue weighted by atomic mass is 16.5. The average Bonchev–Trinajstić information content (AvgIpc) is 2.04. The Kier molecular flexibility index (Phi) is 2.15. The van der Waals surface area contributed by atoms with Crippen molar-refractivity contribution in [3.63, 3.8) is 0 Å². The Bertz CT molecular complexity index is 273. The van der Waals surface area contributed by atoms with Crippen LogP contribution in [0, 0.1) is 0 Å². The van der Waals surface area contributed by atoms with E-state index in [-0.39, 0.29) is 17.4 Å². The predicted octanol–water partition coefficient (Wildman–Crippen LogP) is 0.688. The molecule has 0 radical (unpaired) electrons. The average molecular weight is 152 g/mol. The Morgan fingerprint density at radius 1 is 1.45 bits per heavy atom. The molecule has 1 aromatic rings. The van der Waals surface area contributed by atoms with Gasteiger partial charge < -0.3 is 4.74 Å². The van der Waals surface area contributed by atoms with E-state index < -0.39 is 0 Å². The van der Waals surface area contributed by atoms with Gasteiger partial charge in [0.25, 0.3) is 0 Å². The lowest BCUT2D eigenvalue weighted by atomic mass is 10.3. The molecule has 4 nitrogen and oxygen atoms in total. The minimum Gasteiger partial charge on any atom is -0.479 e. The second kappa shape index (κ2) is 3.09. The summed E-state index contributed by atoms with van der Waals surface area (Å²) in [6.45, 7) is 1.42. The first-order valence-electron chi connectivity index (χ1n) is 3.11. The molecular weight excluding hydrogens is 144 g/mol. The number of carbonyl (C=O) groups excluding carboxylic acids is 1. The fraction of sp³-hybridized carbons (Fsp3) is 0.286. The molecule has 0 aliphatic rings. The molecule has 0 saturated heterocycles. The first-order chi connectivity index (χ1) is 5.25. The van der Waals surface area contributed by atoms with E-state index >= 15 is 0 Å². The number of hydrogen-bond acceptors (Lipinski definition) is 4. The van der Waals surface area contributed by atoms with Crippen LogP contribution in [0.25, 0.3) is 0 Å². The maximum Gasteiger partial charge on any atom is 0.243 e. The van der Waals surface area contributed by atoms with Crippen LogP contribution in [0.3, 0.4) is 0 Å². The van der Waals surface area contributed by atoms with E-state index in [0.29, 0.717) is 0 Å². The predicted molar refractivity (Wildman–Crippen MR) is 38.6 cm³/mol. The lowest BCUT2D eigenvalue weighted by Crippen LogP contribution is -2.01. The van der Waals surface area contributed by atoms with Gasteiger partial charge in [0.2, 0.25) is 5.88 Å². The molecule has 0 saturated carbocycles. The van der Waals surface area contributed by atoms with Crippen LogP contribution in [0.5, 0.6) is 5.88 Å². The Morgan fingerprint density at radius 2 is 2.09 bits per heavy atom. The van der Waals surface area contributed by atoms with Crippen LogP contribution in [0.15, 0.2) is 12.4 Å². The highest BCUT2D eigenvalue weighted by Gasteiger charge is 2.08. The monoisotopic (exact) mass is 152 g/mol. The third-order valence-electron chi connectivity index (χ3n) is 1.19. The summed E-state index contributed by atoms with van der Waals surface area (Å²) in [5.74, 6) is 0.134. The van der Waals surface area contributed by atoms with E-state index in [1.165, 1.54) is 26.4 Å². The van der Waals surface area contributed by atoms with Crippen LogP contribution in [0.2, 0.25) is 0 Å². The van der Waals surface area contributed by atoms with Gasteiger partial charge in [0.1, 0.15) is 0 Å². The minimum atomic E-state index is -0.144. The molecule has 0 aliphatic heterocycles. The number of nitrogens with zero attached hydrogens (tertiary/aromatic N) is 2. The zero-order valence-corrected chi connectivity index (χ0v) is 6.37. The van der Waals surface area contributed by atoms with Crippen LogP contribution < -0.4 is 4.74 Å². The number of ether oxygens (including phenoxy) is 1. The molecule has 58 valence electrons. The van der Waals surface area contributed by atoms with Gasteiger partial charge in [0.05, 0.1) is 7.11 Å². The second-order valence-corrected chi connectivity index (χ2v) is 1.97. The van der Waals surface area contributed by atoms with Gasteiger partial charge in [0.15, 0.2) is 11.5 Å². The van der Waals surface area contributed by atoms with Crippen molar-refractivity contribution in [1.29, 1.82) is 0 Å². The van der Waals surface area contributed by atoms with E-state index in [4.69, 9.17) is 4.74 Å². The SMILES string of the molecule is COc1nccnc1C(C)=O. The zero-order valence-electron chi connectivity index (χ0n) is 6.37. The Hall–Kier alpha value is -1.45. The second-order valence-electron chi connectivity index (χ2n) is 1.97. The smallest absolute Gasteiger partial charge is 0.243 e. The lowest BCUT2D eigenvalue weighted by Gasteiger charge is -2.00. The molecule has 0 N–H and O–H groups in total. The van der Waals surface area contributed by atoms with Crippen molar-refractivity contribution in [2.24, 2.45) is 0 Å². The maximum absolute atomic E-state index is 10.8. The van der Waals surface area contributed by atoms with Crippen LogP contribution in [-0.2, 0) is 0 Å². The van der Waals surface area contributed by atoms with E-state index in [2.05, 4.69) is 9.97 Å². The number of ketones is 1. The molecule has 0 atom stereocenters. The largest absolute Gasteiger partial charge is 0.479 e. The van der Waals surface area contributed by atoms with Crippen LogP contribution >= 0.6 is 0 Å². The summed E-state index contributed by atoms with van der Waals surface area (Å²) in [6, 6.07) is 0. The van der Waals surface area contributed by atoms with Crippen molar-refractivity contribution >= 4 is 5.78 Å². The van der Waals surface area contributed by atoms with Gasteiger partial charge in [-0.1, -0.05) is 0 Å². The molecule has 1 heterocycles.